The van der Waals surface area contributed by atoms with Gasteiger partial charge < -0.3 is 9.72 Å². The van der Waals surface area contributed by atoms with E-state index >= 15 is 0 Å². The molecule has 0 aliphatic carbocycles. The van der Waals surface area contributed by atoms with E-state index in [1.54, 1.807) is 7.11 Å². The Bertz CT molecular complexity index is 585. The van der Waals surface area contributed by atoms with Crippen molar-refractivity contribution in [1.82, 2.24) is 9.97 Å². The zero-order valence-corrected chi connectivity index (χ0v) is 10.7. The van der Waals surface area contributed by atoms with E-state index in [2.05, 4.69) is 9.97 Å². The summed E-state index contributed by atoms with van der Waals surface area (Å²) in [4.78, 5) is 18.8. The number of rotatable bonds is 3. The smallest absolute Gasteiger partial charge is 0.251 e. The van der Waals surface area contributed by atoms with Crippen LogP contribution >= 0.6 is 0 Å². The highest BCUT2D eigenvalue weighted by atomic mass is 16.5. The van der Waals surface area contributed by atoms with Crippen LogP contribution in [0, 0.1) is 0 Å². The molecule has 0 atom stereocenters. The van der Waals surface area contributed by atoms with Gasteiger partial charge in [0.25, 0.3) is 5.56 Å². The van der Waals surface area contributed by atoms with Gasteiger partial charge in [-0.3, -0.25) is 4.79 Å². The van der Waals surface area contributed by atoms with E-state index in [1.165, 1.54) is 6.07 Å². The normalized spacial score (nSPS) is 10.7. The van der Waals surface area contributed by atoms with Gasteiger partial charge in [0.2, 0.25) is 0 Å². The molecule has 1 N–H and O–H groups in total. The van der Waals surface area contributed by atoms with Crippen LogP contribution in [0.1, 0.15) is 25.5 Å². The van der Waals surface area contributed by atoms with E-state index in [0.717, 1.165) is 17.0 Å². The molecule has 0 radical (unpaired) electrons. The summed E-state index contributed by atoms with van der Waals surface area (Å²) in [7, 11) is 1.62. The lowest BCUT2D eigenvalue weighted by atomic mass is 10.1. The Morgan fingerprint density at radius 3 is 2.44 bits per heavy atom. The van der Waals surface area contributed by atoms with Crippen molar-refractivity contribution in [1.29, 1.82) is 0 Å². The highest BCUT2D eigenvalue weighted by Crippen LogP contribution is 2.19. The molecule has 0 saturated carbocycles. The molecular formula is C14H16N2O2. The second-order valence-corrected chi connectivity index (χ2v) is 4.40. The van der Waals surface area contributed by atoms with Crippen molar-refractivity contribution in [2.75, 3.05) is 7.11 Å². The molecule has 1 aromatic carbocycles. The monoisotopic (exact) mass is 244 g/mol. The summed E-state index contributed by atoms with van der Waals surface area (Å²) < 4.78 is 5.10. The highest BCUT2D eigenvalue weighted by Gasteiger charge is 2.07. The lowest BCUT2D eigenvalue weighted by Gasteiger charge is -2.07. The predicted molar refractivity (Wildman–Crippen MR) is 70.9 cm³/mol. The minimum atomic E-state index is -0.125. The number of nitrogens with zero attached hydrogens (tertiary/aromatic N) is 1. The first kappa shape index (κ1) is 12.4. The van der Waals surface area contributed by atoms with Gasteiger partial charge in [-0.05, 0) is 30.2 Å². The van der Waals surface area contributed by atoms with Gasteiger partial charge in [0, 0.05) is 11.6 Å². The van der Waals surface area contributed by atoms with E-state index in [1.807, 2.05) is 38.1 Å². The zero-order chi connectivity index (χ0) is 13.1. The van der Waals surface area contributed by atoms with E-state index in [-0.39, 0.29) is 11.5 Å². The molecule has 4 heteroatoms. The van der Waals surface area contributed by atoms with Crippen molar-refractivity contribution in [2.24, 2.45) is 0 Å². The molecule has 94 valence electrons. The van der Waals surface area contributed by atoms with E-state index in [9.17, 15) is 4.79 Å². The number of aromatic nitrogens is 2. The second kappa shape index (κ2) is 5.04. The fourth-order valence-electron chi connectivity index (χ4n) is 1.66. The Hall–Kier alpha value is -2.10. The maximum absolute atomic E-state index is 11.6. The molecular weight excluding hydrogens is 228 g/mol. The van der Waals surface area contributed by atoms with Crippen molar-refractivity contribution >= 4 is 0 Å². The van der Waals surface area contributed by atoms with Crippen LogP contribution in [0.15, 0.2) is 35.1 Å². The molecule has 0 bridgehead atoms. The number of ether oxygens (including phenoxy) is 1. The Kier molecular flexibility index (Phi) is 3.46. The third kappa shape index (κ3) is 2.59. The van der Waals surface area contributed by atoms with Crippen LogP contribution < -0.4 is 10.3 Å². The van der Waals surface area contributed by atoms with Crippen LogP contribution in [-0.2, 0) is 0 Å². The van der Waals surface area contributed by atoms with Crippen LogP contribution in [0.5, 0.6) is 5.75 Å². The summed E-state index contributed by atoms with van der Waals surface area (Å²) in [6.45, 7) is 4.03. The molecule has 18 heavy (non-hydrogen) atoms. The van der Waals surface area contributed by atoms with Crippen molar-refractivity contribution in [3.63, 3.8) is 0 Å². The van der Waals surface area contributed by atoms with Gasteiger partial charge in [-0.2, -0.15) is 0 Å². The fourth-order valence-corrected chi connectivity index (χ4v) is 1.66. The van der Waals surface area contributed by atoms with Gasteiger partial charge in [-0.15, -0.1) is 0 Å². The van der Waals surface area contributed by atoms with Crippen molar-refractivity contribution < 1.29 is 4.74 Å². The maximum Gasteiger partial charge on any atom is 0.251 e. The number of benzene rings is 1. The molecule has 2 aromatic rings. The first-order valence-corrected chi connectivity index (χ1v) is 5.86. The first-order chi connectivity index (χ1) is 8.60. The van der Waals surface area contributed by atoms with Crippen molar-refractivity contribution in [3.05, 3.63) is 46.4 Å². The molecule has 2 rings (SSSR count). The van der Waals surface area contributed by atoms with Gasteiger partial charge in [0.1, 0.15) is 11.6 Å². The summed E-state index contributed by atoms with van der Waals surface area (Å²) in [5.74, 6) is 1.60. The number of H-pyrrole nitrogens is 1. The van der Waals surface area contributed by atoms with E-state index in [4.69, 9.17) is 4.74 Å². The molecule has 0 saturated heterocycles. The fraction of sp³-hybridized carbons (Fsp3) is 0.286. The Balaban J connectivity index is 2.46. The highest BCUT2D eigenvalue weighted by molar-refractivity contribution is 5.56. The van der Waals surface area contributed by atoms with Crippen molar-refractivity contribution in [2.45, 2.75) is 19.8 Å². The average molecular weight is 244 g/mol. The van der Waals surface area contributed by atoms with Gasteiger partial charge in [-0.1, -0.05) is 13.8 Å². The van der Waals surface area contributed by atoms with Gasteiger partial charge in [0.15, 0.2) is 0 Å². The van der Waals surface area contributed by atoms with Crippen molar-refractivity contribution in [3.8, 4) is 17.1 Å². The molecule has 0 spiro atoms. The average Bonchev–Trinajstić information content (AvgIpc) is 2.38. The maximum atomic E-state index is 11.6. The quantitative estimate of drug-likeness (QED) is 0.902. The molecule has 0 aliphatic rings. The molecule has 1 heterocycles. The standard InChI is InChI=1S/C14H16N2O2/c1-9(2)12-8-13(17)16-14(15-12)10-4-6-11(18-3)7-5-10/h4-9H,1-3H3,(H,15,16,17). The summed E-state index contributed by atoms with van der Waals surface area (Å²) in [6.07, 6.45) is 0. The Labute approximate surface area is 106 Å². The number of hydrogen-bond donors (Lipinski definition) is 1. The SMILES string of the molecule is COc1ccc(-c2nc(C(C)C)cc(=O)[nH]2)cc1. The lowest BCUT2D eigenvalue weighted by molar-refractivity contribution is 0.415. The van der Waals surface area contributed by atoms with E-state index in [0.29, 0.717) is 5.82 Å². The molecule has 0 fully saturated rings. The molecule has 0 unspecified atom stereocenters. The van der Waals surface area contributed by atoms with Crippen LogP contribution in [0.3, 0.4) is 0 Å². The number of aromatic amines is 1. The van der Waals surface area contributed by atoms with Gasteiger partial charge in [-0.25, -0.2) is 4.98 Å². The number of hydrogen-bond acceptors (Lipinski definition) is 3. The third-order valence-electron chi connectivity index (χ3n) is 2.72. The zero-order valence-electron chi connectivity index (χ0n) is 10.7. The predicted octanol–water partition coefficient (Wildman–Crippen LogP) is 2.57. The summed E-state index contributed by atoms with van der Waals surface area (Å²) >= 11 is 0. The summed E-state index contributed by atoms with van der Waals surface area (Å²) in [6, 6.07) is 8.98. The van der Waals surface area contributed by atoms with Gasteiger partial charge in [0.05, 0.1) is 12.8 Å². The minimum absolute atomic E-state index is 0.125. The number of methoxy groups -OCH3 is 1. The summed E-state index contributed by atoms with van der Waals surface area (Å²) in [5.41, 5.74) is 1.54. The molecule has 0 amide bonds. The molecule has 4 nitrogen and oxygen atoms in total. The topological polar surface area (TPSA) is 55.0 Å². The molecule has 0 aliphatic heterocycles. The second-order valence-electron chi connectivity index (χ2n) is 4.40. The van der Waals surface area contributed by atoms with Crippen LogP contribution in [0.25, 0.3) is 11.4 Å². The largest absolute Gasteiger partial charge is 0.497 e. The first-order valence-electron chi connectivity index (χ1n) is 5.86. The Morgan fingerprint density at radius 1 is 1.22 bits per heavy atom. The minimum Gasteiger partial charge on any atom is -0.497 e. The molecule has 1 aromatic heterocycles. The van der Waals surface area contributed by atoms with Crippen LogP contribution in [0.4, 0.5) is 0 Å². The van der Waals surface area contributed by atoms with E-state index < -0.39 is 0 Å². The van der Waals surface area contributed by atoms with Crippen LogP contribution in [-0.4, -0.2) is 17.1 Å². The summed E-state index contributed by atoms with van der Waals surface area (Å²) in [5, 5.41) is 0. The Morgan fingerprint density at radius 2 is 1.89 bits per heavy atom. The third-order valence-corrected chi connectivity index (χ3v) is 2.72. The van der Waals surface area contributed by atoms with Gasteiger partial charge >= 0.3 is 0 Å². The number of nitrogens with one attached hydrogen (secondary N) is 1. The lowest BCUT2D eigenvalue weighted by Crippen LogP contribution is -2.11. The van der Waals surface area contributed by atoms with Crippen LogP contribution in [0.2, 0.25) is 0 Å².